The number of amides is 1. The van der Waals surface area contributed by atoms with Gasteiger partial charge < -0.3 is 10.1 Å². The maximum Gasteiger partial charge on any atom is 0.416 e. The first-order valence-electron chi connectivity index (χ1n) is 7.58. The number of hydrogen-bond acceptors (Lipinski definition) is 4. The molecule has 1 aromatic carbocycles. The van der Waals surface area contributed by atoms with Crippen molar-refractivity contribution in [2.45, 2.75) is 12.9 Å². The molecular formula is C17H12BrF3N4O2. The van der Waals surface area contributed by atoms with Crippen LogP contribution in [-0.4, -0.2) is 20.7 Å². The van der Waals surface area contributed by atoms with Crippen molar-refractivity contribution in [2.75, 3.05) is 5.32 Å². The number of ether oxygens (including phenoxy) is 1. The van der Waals surface area contributed by atoms with E-state index >= 15 is 0 Å². The summed E-state index contributed by atoms with van der Waals surface area (Å²) < 4.78 is 45.5. The number of nitrogens with zero attached hydrogens (tertiary/aromatic N) is 3. The Morgan fingerprint density at radius 1 is 1.22 bits per heavy atom. The van der Waals surface area contributed by atoms with Gasteiger partial charge in [0.2, 0.25) is 0 Å². The van der Waals surface area contributed by atoms with Crippen LogP contribution in [0.25, 0.3) is 0 Å². The van der Waals surface area contributed by atoms with E-state index in [1.165, 1.54) is 35.3 Å². The fourth-order valence-electron chi connectivity index (χ4n) is 2.09. The highest BCUT2D eigenvalue weighted by molar-refractivity contribution is 9.10. The Balaban J connectivity index is 1.61. The minimum atomic E-state index is -4.45. The summed E-state index contributed by atoms with van der Waals surface area (Å²) in [5, 5.41) is 6.61. The van der Waals surface area contributed by atoms with Gasteiger partial charge in [-0.1, -0.05) is 6.07 Å². The highest BCUT2D eigenvalue weighted by Gasteiger charge is 2.30. The van der Waals surface area contributed by atoms with Crippen LogP contribution in [0, 0.1) is 0 Å². The molecule has 3 rings (SSSR count). The van der Waals surface area contributed by atoms with Gasteiger partial charge in [0.25, 0.3) is 5.91 Å². The maximum atomic E-state index is 12.7. The zero-order chi connectivity index (χ0) is 19.4. The van der Waals surface area contributed by atoms with Crippen LogP contribution in [0.3, 0.4) is 0 Å². The molecule has 1 amide bonds. The van der Waals surface area contributed by atoms with Gasteiger partial charge in [0, 0.05) is 16.9 Å². The number of rotatable bonds is 5. The summed E-state index contributed by atoms with van der Waals surface area (Å²) in [6, 6.07) is 9.33. The van der Waals surface area contributed by atoms with E-state index in [1.54, 1.807) is 12.1 Å². The summed E-state index contributed by atoms with van der Waals surface area (Å²) in [7, 11) is 0. The highest BCUT2D eigenvalue weighted by atomic mass is 79.9. The van der Waals surface area contributed by atoms with Crippen LogP contribution in [0.4, 0.5) is 19.0 Å². The SMILES string of the molecule is O=C(Nc1ccc(Br)cn1)c1ccn(COc2cccc(C(F)(F)F)c2)n1. The Morgan fingerprint density at radius 3 is 2.74 bits per heavy atom. The Labute approximate surface area is 160 Å². The van der Waals surface area contributed by atoms with E-state index in [9.17, 15) is 18.0 Å². The van der Waals surface area contributed by atoms with Gasteiger partial charge in [-0.05, 0) is 52.3 Å². The summed E-state index contributed by atoms with van der Waals surface area (Å²) in [6.45, 7) is -0.148. The van der Waals surface area contributed by atoms with E-state index in [1.807, 2.05) is 0 Å². The smallest absolute Gasteiger partial charge is 0.416 e. The van der Waals surface area contributed by atoms with Crippen molar-refractivity contribution in [2.24, 2.45) is 0 Å². The van der Waals surface area contributed by atoms with Crippen LogP contribution in [-0.2, 0) is 12.9 Å². The summed E-state index contributed by atoms with van der Waals surface area (Å²) in [4.78, 5) is 16.2. The number of pyridine rings is 1. The van der Waals surface area contributed by atoms with Crippen molar-refractivity contribution in [3.63, 3.8) is 0 Å². The fourth-order valence-corrected chi connectivity index (χ4v) is 2.32. The van der Waals surface area contributed by atoms with E-state index in [2.05, 4.69) is 31.3 Å². The zero-order valence-corrected chi connectivity index (χ0v) is 15.2. The topological polar surface area (TPSA) is 69.0 Å². The molecule has 140 valence electrons. The van der Waals surface area contributed by atoms with Gasteiger partial charge in [0.05, 0.1) is 5.56 Å². The minimum absolute atomic E-state index is 0.0467. The van der Waals surface area contributed by atoms with Gasteiger partial charge >= 0.3 is 6.18 Å². The van der Waals surface area contributed by atoms with Crippen molar-refractivity contribution in [3.8, 4) is 5.75 Å². The highest BCUT2D eigenvalue weighted by Crippen LogP contribution is 2.31. The lowest BCUT2D eigenvalue weighted by Crippen LogP contribution is -2.15. The zero-order valence-electron chi connectivity index (χ0n) is 13.6. The predicted octanol–water partition coefficient (Wildman–Crippen LogP) is 4.35. The summed E-state index contributed by atoms with van der Waals surface area (Å²) >= 11 is 3.24. The van der Waals surface area contributed by atoms with E-state index < -0.39 is 17.6 Å². The minimum Gasteiger partial charge on any atom is -0.471 e. The number of halogens is 4. The van der Waals surface area contributed by atoms with E-state index in [0.29, 0.717) is 5.82 Å². The lowest BCUT2D eigenvalue weighted by atomic mass is 10.2. The molecule has 0 spiro atoms. The Morgan fingerprint density at radius 2 is 2.04 bits per heavy atom. The molecule has 0 atom stereocenters. The average Bonchev–Trinajstić information content (AvgIpc) is 3.11. The third-order valence-corrected chi connectivity index (χ3v) is 3.84. The third kappa shape index (κ3) is 5.07. The van der Waals surface area contributed by atoms with Crippen LogP contribution in [0.5, 0.6) is 5.75 Å². The summed E-state index contributed by atoms with van der Waals surface area (Å²) in [5.41, 5.74) is -0.685. The Hall–Kier alpha value is -2.88. The number of alkyl halides is 3. The average molecular weight is 441 g/mol. The first-order valence-corrected chi connectivity index (χ1v) is 8.37. The van der Waals surface area contributed by atoms with E-state index in [4.69, 9.17) is 4.74 Å². The monoisotopic (exact) mass is 440 g/mol. The number of carbonyl (C=O) groups excluding carboxylic acids is 1. The number of carbonyl (C=O) groups is 1. The van der Waals surface area contributed by atoms with Crippen LogP contribution in [0.2, 0.25) is 0 Å². The second-order valence-electron chi connectivity index (χ2n) is 5.36. The first kappa shape index (κ1) is 18.9. The molecule has 10 heteroatoms. The predicted molar refractivity (Wildman–Crippen MR) is 94.2 cm³/mol. The second kappa shape index (κ2) is 7.78. The molecule has 0 saturated heterocycles. The summed E-state index contributed by atoms with van der Waals surface area (Å²) in [6.07, 6.45) is -1.42. The van der Waals surface area contributed by atoms with Crippen molar-refractivity contribution in [3.05, 3.63) is 70.6 Å². The van der Waals surface area contributed by atoms with Gasteiger partial charge in [-0.15, -0.1) is 0 Å². The molecule has 2 heterocycles. The Bertz CT molecular complexity index is 942. The molecule has 0 bridgehead atoms. The lowest BCUT2D eigenvalue weighted by molar-refractivity contribution is -0.137. The van der Waals surface area contributed by atoms with Crippen LogP contribution in [0.1, 0.15) is 16.1 Å². The largest absolute Gasteiger partial charge is 0.471 e. The fraction of sp³-hybridized carbons (Fsp3) is 0.118. The van der Waals surface area contributed by atoms with Gasteiger partial charge in [-0.2, -0.15) is 18.3 Å². The lowest BCUT2D eigenvalue weighted by Gasteiger charge is -2.10. The van der Waals surface area contributed by atoms with Crippen molar-refractivity contribution >= 4 is 27.7 Å². The summed E-state index contributed by atoms with van der Waals surface area (Å²) in [5.74, 6) is -0.0639. The molecule has 0 aliphatic rings. The third-order valence-electron chi connectivity index (χ3n) is 3.37. The molecule has 3 aromatic rings. The normalized spacial score (nSPS) is 11.3. The van der Waals surface area contributed by atoms with Crippen molar-refractivity contribution in [1.82, 2.24) is 14.8 Å². The molecule has 0 aliphatic heterocycles. The van der Waals surface area contributed by atoms with E-state index in [-0.39, 0.29) is 18.2 Å². The molecule has 0 fully saturated rings. The van der Waals surface area contributed by atoms with Gasteiger partial charge in [-0.3, -0.25) is 4.79 Å². The number of benzene rings is 1. The van der Waals surface area contributed by atoms with E-state index in [0.717, 1.165) is 16.6 Å². The number of aromatic nitrogens is 3. The second-order valence-corrected chi connectivity index (χ2v) is 6.27. The van der Waals surface area contributed by atoms with Crippen LogP contribution < -0.4 is 10.1 Å². The van der Waals surface area contributed by atoms with Crippen molar-refractivity contribution < 1.29 is 22.7 Å². The number of anilines is 1. The van der Waals surface area contributed by atoms with Crippen LogP contribution in [0.15, 0.2) is 59.3 Å². The molecule has 1 N–H and O–H groups in total. The molecule has 0 saturated carbocycles. The standard InChI is InChI=1S/C17H12BrF3N4O2/c18-12-4-5-15(22-9-12)23-16(26)14-6-7-25(24-14)10-27-13-3-1-2-11(8-13)17(19,20)21/h1-9H,10H2,(H,22,23,26). The van der Waals surface area contributed by atoms with Crippen LogP contribution >= 0.6 is 15.9 Å². The molecule has 0 aliphatic carbocycles. The van der Waals surface area contributed by atoms with Gasteiger partial charge in [0.15, 0.2) is 12.4 Å². The molecule has 0 unspecified atom stereocenters. The number of nitrogens with one attached hydrogen (secondary N) is 1. The number of hydrogen-bond donors (Lipinski definition) is 1. The molecule has 0 radical (unpaired) electrons. The molecule has 27 heavy (non-hydrogen) atoms. The molecular weight excluding hydrogens is 429 g/mol. The van der Waals surface area contributed by atoms with Gasteiger partial charge in [-0.25, -0.2) is 9.67 Å². The van der Waals surface area contributed by atoms with Crippen molar-refractivity contribution in [1.29, 1.82) is 0 Å². The molecule has 6 nitrogen and oxygen atoms in total. The maximum absolute atomic E-state index is 12.7. The molecule has 2 aromatic heterocycles. The quantitative estimate of drug-likeness (QED) is 0.640. The van der Waals surface area contributed by atoms with Gasteiger partial charge in [0.1, 0.15) is 11.6 Å². The Kier molecular flexibility index (Phi) is 5.45. The first-order chi connectivity index (χ1) is 12.8.